The molecule has 0 bridgehead atoms. The minimum atomic E-state index is -0.999. The van der Waals surface area contributed by atoms with Gasteiger partial charge in [0, 0.05) is 17.5 Å². The van der Waals surface area contributed by atoms with Crippen LogP contribution in [0.2, 0.25) is 5.02 Å². The molecule has 0 aromatic carbocycles. The number of thiophene rings is 1. The SMILES string of the molecule is O=C(O)c1c(Cc2cccs2)nc2ccc(Cl)cn12. The molecule has 0 aliphatic heterocycles. The molecule has 3 heterocycles. The van der Waals surface area contributed by atoms with Crippen molar-refractivity contribution < 1.29 is 9.90 Å². The summed E-state index contributed by atoms with van der Waals surface area (Å²) in [6, 6.07) is 7.32. The van der Waals surface area contributed by atoms with Crippen molar-refractivity contribution in [2.24, 2.45) is 0 Å². The maximum absolute atomic E-state index is 11.4. The minimum absolute atomic E-state index is 0.172. The van der Waals surface area contributed by atoms with E-state index in [1.54, 1.807) is 29.7 Å². The third kappa shape index (κ3) is 2.22. The summed E-state index contributed by atoms with van der Waals surface area (Å²) in [5, 5.41) is 11.8. The van der Waals surface area contributed by atoms with Crippen molar-refractivity contribution in [2.45, 2.75) is 6.42 Å². The van der Waals surface area contributed by atoms with Gasteiger partial charge in [-0.1, -0.05) is 17.7 Å². The lowest BCUT2D eigenvalue weighted by Crippen LogP contribution is -2.05. The number of aromatic nitrogens is 2. The van der Waals surface area contributed by atoms with Crippen LogP contribution in [0, 0.1) is 0 Å². The van der Waals surface area contributed by atoms with Gasteiger partial charge in [0.2, 0.25) is 0 Å². The van der Waals surface area contributed by atoms with Crippen LogP contribution in [-0.4, -0.2) is 20.5 Å². The molecule has 0 saturated carbocycles. The third-order valence-corrected chi connectivity index (χ3v) is 3.88. The number of carboxylic acids is 1. The Kier molecular flexibility index (Phi) is 3.00. The van der Waals surface area contributed by atoms with E-state index in [1.165, 1.54) is 4.40 Å². The van der Waals surface area contributed by atoms with E-state index in [0.29, 0.717) is 22.8 Å². The molecule has 0 aliphatic rings. The molecule has 0 atom stereocenters. The van der Waals surface area contributed by atoms with Crippen molar-refractivity contribution in [1.29, 1.82) is 0 Å². The Morgan fingerprint density at radius 3 is 2.95 bits per heavy atom. The highest BCUT2D eigenvalue weighted by atomic mass is 35.5. The lowest BCUT2D eigenvalue weighted by Gasteiger charge is -1.99. The maximum atomic E-state index is 11.4. The Morgan fingerprint density at radius 1 is 1.42 bits per heavy atom. The second-order valence-electron chi connectivity index (χ2n) is 4.04. The Balaban J connectivity index is 2.18. The topological polar surface area (TPSA) is 54.6 Å². The monoisotopic (exact) mass is 292 g/mol. The maximum Gasteiger partial charge on any atom is 0.354 e. The fourth-order valence-corrected chi connectivity index (χ4v) is 2.87. The average Bonchev–Trinajstić information content (AvgIpc) is 2.96. The first-order valence-electron chi connectivity index (χ1n) is 5.57. The molecular weight excluding hydrogens is 284 g/mol. The van der Waals surface area contributed by atoms with Crippen LogP contribution >= 0.6 is 22.9 Å². The van der Waals surface area contributed by atoms with Gasteiger partial charge < -0.3 is 5.11 Å². The number of nitrogens with zero attached hydrogens (tertiary/aromatic N) is 2. The summed E-state index contributed by atoms with van der Waals surface area (Å²) in [5.41, 5.74) is 1.32. The van der Waals surface area contributed by atoms with Gasteiger partial charge in [-0.2, -0.15) is 0 Å². The van der Waals surface area contributed by atoms with E-state index in [-0.39, 0.29) is 5.69 Å². The summed E-state index contributed by atoms with van der Waals surface area (Å²) in [4.78, 5) is 16.9. The Hall–Kier alpha value is -1.85. The molecule has 0 fully saturated rings. The smallest absolute Gasteiger partial charge is 0.354 e. The normalized spacial score (nSPS) is 11.0. The van der Waals surface area contributed by atoms with Gasteiger partial charge in [0.05, 0.1) is 10.7 Å². The van der Waals surface area contributed by atoms with Crippen LogP contribution in [0.5, 0.6) is 0 Å². The third-order valence-electron chi connectivity index (χ3n) is 2.78. The standard InChI is InChI=1S/C13H9ClN2O2S/c14-8-3-4-11-15-10(6-9-2-1-5-19-9)12(13(17)18)16(11)7-8/h1-5,7H,6H2,(H,17,18). The average molecular weight is 293 g/mol. The van der Waals surface area contributed by atoms with Crippen molar-refractivity contribution in [3.63, 3.8) is 0 Å². The Labute approximate surface area is 117 Å². The van der Waals surface area contributed by atoms with E-state index in [9.17, 15) is 9.90 Å². The molecule has 0 amide bonds. The van der Waals surface area contributed by atoms with Crippen LogP contribution in [0.25, 0.3) is 5.65 Å². The first kappa shape index (κ1) is 12.2. The van der Waals surface area contributed by atoms with Crippen LogP contribution in [0.15, 0.2) is 35.8 Å². The van der Waals surface area contributed by atoms with Gasteiger partial charge in [-0.05, 0) is 23.6 Å². The molecular formula is C13H9ClN2O2S. The molecule has 96 valence electrons. The molecule has 19 heavy (non-hydrogen) atoms. The van der Waals surface area contributed by atoms with Crippen molar-refractivity contribution >= 4 is 34.6 Å². The zero-order chi connectivity index (χ0) is 13.4. The quantitative estimate of drug-likeness (QED) is 0.805. The molecule has 6 heteroatoms. The van der Waals surface area contributed by atoms with Gasteiger partial charge in [0.15, 0.2) is 5.69 Å². The van der Waals surface area contributed by atoms with Crippen LogP contribution in [0.1, 0.15) is 21.1 Å². The molecule has 3 aromatic heterocycles. The molecule has 0 saturated heterocycles. The second kappa shape index (κ2) is 4.68. The first-order chi connectivity index (χ1) is 9.15. The fraction of sp³-hybridized carbons (Fsp3) is 0.0769. The lowest BCUT2D eigenvalue weighted by molar-refractivity contribution is 0.0688. The number of imidazole rings is 1. The van der Waals surface area contributed by atoms with Crippen molar-refractivity contribution in [2.75, 3.05) is 0 Å². The van der Waals surface area contributed by atoms with Gasteiger partial charge in [0.25, 0.3) is 0 Å². The summed E-state index contributed by atoms with van der Waals surface area (Å²) in [7, 11) is 0. The van der Waals surface area contributed by atoms with E-state index in [1.807, 2.05) is 17.5 Å². The molecule has 0 aliphatic carbocycles. The van der Waals surface area contributed by atoms with Crippen LogP contribution in [-0.2, 0) is 6.42 Å². The van der Waals surface area contributed by atoms with E-state index in [4.69, 9.17) is 11.6 Å². The van der Waals surface area contributed by atoms with Crippen LogP contribution in [0.4, 0.5) is 0 Å². The fourth-order valence-electron chi connectivity index (χ4n) is 2.00. The lowest BCUT2D eigenvalue weighted by atomic mass is 10.2. The summed E-state index contributed by atoms with van der Waals surface area (Å²) in [6.07, 6.45) is 2.09. The number of halogens is 1. The zero-order valence-electron chi connectivity index (χ0n) is 9.71. The number of hydrogen-bond acceptors (Lipinski definition) is 3. The number of aromatic carboxylic acids is 1. The molecule has 4 nitrogen and oxygen atoms in total. The molecule has 3 rings (SSSR count). The molecule has 0 radical (unpaired) electrons. The number of carbonyl (C=O) groups is 1. The predicted molar refractivity (Wildman–Crippen MR) is 74.3 cm³/mol. The van der Waals surface area contributed by atoms with Crippen molar-refractivity contribution in [3.8, 4) is 0 Å². The summed E-state index contributed by atoms with van der Waals surface area (Å²) in [5.74, 6) is -0.999. The Morgan fingerprint density at radius 2 is 2.26 bits per heavy atom. The first-order valence-corrected chi connectivity index (χ1v) is 6.83. The largest absolute Gasteiger partial charge is 0.477 e. The van der Waals surface area contributed by atoms with Gasteiger partial charge in [0.1, 0.15) is 5.65 Å². The predicted octanol–water partition coefficient (Wildman–Crippen LogP) is 3.34. The van der Waals surface area contributed by atoms with Crippen molar-refractivity contribution in [1.82, 2.24) is 9.38 Å². The van der Waals surface area contributed by atoms with E-state index in [2.05, 4.69) is 4.98 Å². The highest BCUT2D eigenvalue weighted by molar-refractivity contribution is 7.09. The van der Waals surface area contributed by atoms with Gasteiger partial charge in [-0.3, -0.25) is 4.40 Å². The van der Waals surface area contributed by atoms with Gasteiger partial charge in [-0.15, -0.1) is 11.3 Å². The van der Waals surface area contributed by atoms with Crippen molar-refractivity contribution in [3.05, 3.63) is 57.1 Å². The summed E-state index contributed by atoms with van der Waals surface area (Å²) >= 11 is 7.49. The minimum Gasteiger partial charge on any atom is -0.477 e. The van der Waals surface area contributed by atoms with Gasteiger partial charge >= 0.3 is 5.97 Å². The van der Waals surface area contributed by atoms with E-state index < -0.39 is 5.97 Å². The molecule has 1 N–H and O–H groups in total. The zero-order valence-corrected chi connectivity index (χ0v) is 11.3. The highest BCUT2D eigenvalue weighted by Crippen LogP contribution is 2.21. The van der Waals surface area contributed by atoms with Crippen LogP contribution in [0.3, 0.4) is 0 Å². The van der Waals surface area contributed by atoms with E-state index >= 15 is 0 Å². The number of hydrogen-bond donors (Lipinski definition) is 1. The van der Waals surface area contributed by atoms with Gasteiger partial charge in [-0.25, -0.2) is 9.78 Å². The number of pyridine rings is 1. The highest BCUT2D eigenvalue weighted by Gasteiger charge is 2.19. The number of carboxylic acid groups (broad SMARTS) is 1. The van der Waals surface area contributed by atoms with Crippen LogP contribution < -0.4 is 0 Å². The summed E-state index contributed by atoms with van der Waals surface area (Å²) < 4.78 is 1.52. The number of fused-ring (bicyclic) bond motifs is 1. The number of rotatable bonds is 3. The molecule has 0 unspecified atom stereocenters. The second-order valence-corrected chi connectivity index (χ2v) is 5.51. The molecule has 3 aromatic rings. The Bertz CT molecular complexity index is 749. The summed E-state index contributed by atoms with van der Waals surface area (Å²) in [6.45, 7) is 0. The molecule has 0 spiro atoms. The van der Waals surface area contributed by atoms with E-state index in [0.717, 1.165) is 4.88 Å².